The molecule has 3 aromatic rings. The fourth-order valence-electron chi connectivity index (χ4n) is 4.37. The highest BCUT2D eigenvalue weighted by Gasteiger charge is 2.27. The predicted molar refractivity (Wildman–Crippen MR) is 143 cm³/mol. The molecule has 1 aromatic heterocycles. The molecule has 0 spiro atoms. The van der Waals surface area contributed by atoms with Crippen LogP contribution in [0.1, 0.15) is 89.4 Å². The third-order valence-electron chi connectivity index (χ3n) is 6.37. The van der Waals surface area contributed by atoms with Crippen molar-refractivity contribution in [1.29, 1.82) is 0 Å². The van der Waals surface area contributed by atoms with Crippen LogP contribution in [0.2, 0.25) is 0 Å². The second-order valence-corrected chi connectivity index (χ2v) is 11.5. The molecule has 0 radical (unpaired) electrons. The summed E-state index contributed by atoms with van der Waals surface area (Å²) in [5, 5.41) is 14.4. The van der Waals surface area contributed by atoms with Crippen LogP contribution in [0.25, 0.3) is 11.5 Å². The highest BCUT2D eigenvalue weighted by Crippen LogP contribution is 2.41. The lowest BCUT2D eigenvalue weighted by molar-refractivity contribution is 0.320. The van der Waals surface area contributed by atoms with Crippen LogP contribution in [0.5, 0.6) is 11.5 Å². The molecular weight excluding hydrogens is 436 g/mol. The Hall–Kier alpha value is -2.79. The van der Waals surface area contributed by atoms with E-state index >= 15 is 0 Å². The molecule has 35 heavy (non-hydrogen) atoms. The van der Waals surface area contributed by atoms with Crippen molar-refractivity contribution in [2.75, 3.05) is 13.2 Å². The first-order chi connectivity index (χ1) is 16.3. The van der Waals surface area contributed by atoms with E-state index in [4.69, 9.17) is 14.1 Å². The molecule has 5 heteroatoms. The van der Waals surface area contributed by atoms with Crippen molar-refractivity contribution in [3.05, 3.63) is 64.5 Å². The van der Waals surface area contributed by atoms with Gasteiger partial charge in [-0.15, -0.1) is 0 Å². The Labute approximate surface area is 210 Å². The molecule has 0 aliphatic heterocycles. The number of oxazole rings is 1. The SMILES string of the molecule is CCNC(C)c1ccc(OCCc2coc(-c3cc(C(C)(C)C)c(O)c(C(C)(C)C)c3)n2)cc1C. The third-order valence-corrected chi connectivity index (χ3v) is 6.37. The number of ether oxygens (including phenoxy) is 1. The Kier molecular flexibility index (Phi) is 8.00. The maximum atomic E-state index is 11.0. The number of aromatic hydroxyl groups is 1. The summed E-state index contributed by atoms with van der Waals surface area (Å²) < 4.78 is 11.9. The summed E-state index contributed by atoms with van der Waals surface area (Å²) in [5.41, 5.74) is 5.61. The summed E-state index contributed by atoms with van der Waals surface area (Å²) in [6.07, 6.45) is 2.35. The number of hydrogen-bond acceptors (Lipinski definition) is 5. The number of nitrogens with zero attached hydrogens (tertiary/aromatic N) is 1. The molecule has 0 saturated heterocycles. The highest BCUT2D eigenvalue weighted by molar-refractivity contribution is 5.63. The third kappa shape index (κ3) is 6.46. The largest absolute Gasteiger partial charge is 0.507 e. The summed E-state index contributed by atoms with van der Waals surface area (Å²) in [6, 6.07) is 10.6. The monoisotopic (exact) mass is 478 g/mol. The number of phenols is 1. The first-order valence-electron chi connectivity index (χ1n) is 12.6. The summed E-state index contributed by atoms with van der Waals surface area (Å²) >= 11 is 0. The minimum atomic E-state index is -0.207. The zero-order valence-corrected chi connectivity index (χ0v) is 22.9. The molecule has 5 nitrogen and oxygen atoms in total. The van der Waals surface area contributed by atoms with E-state index in [1.54, 1.807) is 6.26 Å². The van der Waals surface area contributed by atoms with E-state index in [0.29, 0.717) is 30.7 Å². The molecule has 3 rings (SSSR count). The van der Waals surface area contributed by atoms with Crippen molar-refractivity contribution in [3.8, 4) is 23.0 Å². The first-order valence-corrected chi connectivity index (χ1v) is 12.6. The lowest BCUT2D eigenvalue weighted by Gasteiger charge is -2.27. The van der Waals surface area contributed by atoms with Gasteiger partial charge in [-0.1, -0.05) is 54.5 Å². The molecule has 0 saturated carbocycles. The fourth-order valence-corrected chi connectivity index (χ4v) is 4.37. The van der Waals surface area contributed by atoms with Gasteiger partial charge < -0.3 is 19.6 Å². The number of rotatable bonds is 8. The zero-order valence-electron chi connectivity index (χ0n) is 22.9. The second-order valence-electron chi connectivity index (χ2n) is 11.5. The van der Waals surface area contributed by atoms with E-state index in [0.717, 1.165) is 34.7 Å². The minimum Gasteiger partial charge on any atom is -0.507 e. The molecule has 0 amide bonds. The second kappa shape index (κ2) is 10.4. The van der Waals surface area contributed by atoms with Crippen LogP contribution in [0.15, 0.2) is 41.0 Å². The van der Waals surface area contributed by atoms with Crippen molar-refractivity contribution in [2.45, 2.75) is 85.6 Å². The Morgan fingerprint density at radius 1 is 1.03 bits per heavy atom. The quantitative estimate of drug-likeness (QED) is 0.357. The maximum absolute atomic E-state index is 11.0. The van der Waals surface area contributed by atoms with Crippen LogP contribution < -0.4 is 10.1 Å². The Balaban J connectivity index is 1.74. The Morgan fingerprint density at radius 3 is 2.20 bits per heavy atom. The van der Waals surface area contributed by atoms with Crippen LogP contribution in [0, 0.1) is 6.92 Å². The number of aromatic nitrogens is 1. The van der Waals surface area contributed by atoms with Crippen molar-refractivity contribution in [2.24, 2.45) is 0 Å². The van der Waals surface area contributed by atoms with Gasteiger partial charge in [-0.05, 0) is 66.6 Å². The molecule has 190 valence electrons. The van der Waals surface area contributed by atoms with Crippen LogP contribution in [-0.2, 0) is 17.3 Å². The molecule has 1 heterocycles. The van der Waals surface area contributed by atoms with Crippen LogP contribution >= 0.6 is 0 Å². The van der Waals surface area contributed by atoms with E-state index in [-0.39, 0.29) is 10.8 Å². The summed E-state index contributed by atoms with van der Waals surface area (Å²) in [6.45, 7) is 20.5. The summed E-state index contributed by atoms with van der Waals surface area (Å²) in [5.74, 6) is 1.78. The highest BCUT2D eigenvalue weighted by atomic mass is 16.5. The lowest BCUT2D eigenvalue weighted by atomic mass is 9.78. The van der Waals surface area contributed by atoms with E-state index in [2.05, 4.69) is 79.8 Å². The van der Waals surface area contributed by atoms with Crippen molar-refractivity contribution < 1.29 is 14.3 Å². The number of phenolic OH excluding ortho intramolecular Hbond substituents is 1. The van der Waals surface area contributed by atoms with Gasteiger partial charge >= 0.3 is 0 Å². The normalized spacial score (nSPS) is 13.2. The Morgan fingerprint density at radius 2 is 1.66 bits per heavy atom. The number of benzene rings is 2. The van der Waals surface area contributed by atoms with Crippen LogP contribution in [0.4, 0.5) is 0 Å². The molecule has 2 aromatic carbocycles. The average Bonchev–Trinajstić information content (AvgIpc) is 3.21. The van der Waals surface area contributed by atoms with Crippen molar-refractivity contribution >= 4 is 0 Å². The van der Waals surface area contributed by atoms with E-state index in [1.807, 2.05) is 18.2 Å². The molecule has 0 aliphatic carbocycles. The van der Waals surface area contributed by atoms with Gasteiger partial charge in [-0.3, -0.25) is 0 Å². The topological polar surface area (TPSA) is 67.5 Å². The smallest absolute Gasteiger partial charge is 0.226 e. The summed E-state index contributed by atoms with van der Waals surface area (Å²) in [4.78, 5) is 4.73. The maximum Gasteiger partial charge on any atom is 0.226 e. The van der Waals surface area contributed by atoms with Crippen molar-refractivity contribution in [1.82, 2.24) is 10.3 Å². The molecule has 0 aliphatic rings. The zero-order chi connectivity index (χ0) is 26.0. The first kappa shape index (κ1) is 26.8. The van der Waals surface area contributed by atoms with Gasteiger partial charge in [0.2, 0.25) is 5.89 Å². The fraction of sp³-hybridized carbons (Fsp3) is 0.500. The molecule has 2 N–H and O–H groups in total. The standard InChI is InChI=1S/C30H42N2O3/c1-10-31-20(3)24-12-11-23(15-19(24)2)34-14-13-22-18-35-28(32-22)21-16-25(29(4,5)6)27(33)26(17-21)30(7,8)9/h11-12,15-18,20,31,33H,10,13-14H2,1-9H3. The minimum absolute atomic E-state index is 0.207. The van der Waals surface area contributed by atoms with E-state index in [9.17, 15) is 5.11 Å². The van der Waals surface area contributed by atoms with Gasteiger partial charge in [0.05, 0.1) is 12.3 Å². The average molecular weight is 479 g/mol. The molecule has 0 bridgehead atoms. The lowest BCUT2D eigenvalue weighted by Crippen LogP contribution is -2.18. The van der Waals surface area contributed by atoms with Crippen LogP contribution in [-0.4, -0.2) is 23.2 Å². The van der Waals surface area contributed by atoms with Gasteiger partial charge in [0.25, 0.3) is 0 Å². The summed E-state index contributed by atoms with van der Waals surface area (Å²) in [7, 11) is 0. The van der Waals surface area contributed by atoms with Crippen LogP contribution in [0.3, 0.4) is 0 Å². The Bertz CT molecular complexity index is 1110. The molecule has 0 fully saturated rings. The van der Waals surface area contributed by atoms with Crippen molar-refractivity contribution in [3.63, 3.8) is 0 Å². The molecule has 1 unspecified atom stereocenters. The van der Waals surface area contributed by atoms with Gasteiger partial charge in [0.1, 0.15) is 17.8 Å². The predicted octanol–water partition coefficient (Wildman–Crippen LogP) is 7.24. The van der Waals surface area contributed by atoms with Gasteiger partial charge in [-0.25, -0.2) is 4.98 Å². The number of hydrogen-bond donors (Lipinski definition) is 2. The van der Waals surface area contributed by atoms with Gasteiger partial charge in [0.15, 0.2) is 0 Å². The number of aryl methyl sites for hydroxylation is 1. The van der Waals surface area contributed by atoms with Gasteiger partial charge in [0, 0.05) is 29.2 Å². The van der Waals surface area contributed by atoms with Gasteiger partial charge in [-0.2, -0.15) is 0 Å². The molecule has 1 atom stereocenters. The molecular formula is C30H42N2O3. The number of nitrogens with one attached hydrogen (secondary N) is 1. The van der Waals surface area contributed by atoms with E-state index in [1.165, 1.54) is 11.1 Å². The van der Waals surface area contributed by atoms with E-state index < -0.39 is 0 Å².